The third kappa shape index (κ3) is 4.29. The maximum absolute atomic E-state index is 12.3. The van der Waals surface area contributed by atoms with Gasteiger partial charge in [-0.2, -0.15) is 0 Å². The van der Waals surface area contributed by atoms with E-state index in [0.717, 1.165) is 12.8 Å². The van der Waals surface area contributed by atoms with Crippen LogP contribution in [-0.4, -0.2) is 30.1 Å². The second-order valence-corrected chi connectivity index (χ2v) is 7.18. The summed E-state index contributed by atoms with van der Waals surface area (Å²) in [5.74, 6) is 1.25. The van der Waals surface area contributed by atoms with Gasteiger partial charge in [0.05, 0.1) is 6.10 Å². The van der Waals surface area contributed by atoms with E-state index in [4.69, 9.17) is 9.47 Å². The van der Waals surface area contributed by atoms with Crippen molar-refractivity contribution in [1.82, 2.24) is 0 Å². The first-order chi connectivity index (χ1) is 9.86. The van der Waals surface area contributed by atoms with E-state index in [0.29, 0.717) is 24.2 Å². The minimum Gasteiger partial charge on any atom is -0.460 e. The summed E-state index contributed by atoms with van der Waals surface area (Å²) in [5, 5.41) is 0. The molecule has 2 aliphatic rings. The van der Waals surface area contributed by atoms with Crippen LogP contribution in [0.25, 0.3) is 0 Å². The van der Waals surface area contributed by atoms with Crippen molar-refractivity contribution >= 4 is 11.8 Å². The topological polar surface area (TPSA) is 52.6 Å². The lowest BCUT2D eigenvalue weighted by atomic mass is 9.75. The Morgan fingerprint density at radius 1 is 1.24 bits per heavy atom. The SMILES string of the molecule is CC(C)[C@@H]1CC[C@@H](C)C[C@H]1OC(=O)[C@H]1CC(=O)C[C@H](C)O1. The lowest BCUT2D eigenvalue weighted by molar-refractivity contribution is -0.178. The zero-order valence-electron chi connectivity index (χ0n) is 13.6. The van der Waals surface area contributed by atoms with E-state index in [1.54, 1.807) is 0 Å². The Kier molecular flexibility index (Phi) is 5.42. The largest absolute Gasteiger partial charge is 0.460 e. The molecule has 1 saturated heterocycles. The smallest absolute Gasteiger partial charge is 0.336 e. The number of ketones is 1. The Bertz CT molecular complexity index is 390. The zero-order valence-corrected chi connectivity index (χ0v) is 13.6. The highest BCUT2D eigenvalue weighted by atomic mass is 16.6. The molecule has 0 unspecified atom stereocenters. The first-order valence-corrected chi connectivity index (χ1v) is 8.24. The van der Waals surface area contributed by atoms with Crippen LogP contribution in [0.1, 0.15) is 59.8 Å². The summed E-state index contributed by atoms with van der Waals surface area (Å²) in [4.78, 5) is 24.0. The van der Waals surface area contributed by atoms with Gasteiger partial charge in [-0.3, -0.25) is 4.79 Å². The van der Waals surface area contributed by atoms with Gasteiger partial charge in [0.1, 0.15) is 11.9 Å². The van der Waals surface area contributed by atoms with Gasteiger partial charge in [0.25, 0.3) is 0 Å². The van der Waals surface area contributed by atoms with Gasteiger partial charge in [0.2, 0.25) is 0 Å². The number of rotatable bonds is 3. The highest BCUT2D eigenvalue weighted by Gasteiger charge is 2.37. The molecule has 1 aliphatic heterocycles. The Balaban J connectivity index is 1.97. The summed E-state index contributed by atoms with van der Waals surface area (Å²) < 4.78 is 11.3. The third-order valence-electron chi connectivity index (χ3n) is 4.82. The molecular formula is C17H28O4. The van der Waals surface area contributed by atoms with Crippen LogP contribution in [0.2, 0.25) is 0 Å². The monoisotopic (exact) mass is 296 g/mol. The maximum atomic E-state index is 12.3. The standard InChI is InChI=1S/C17H28O4/c1-10(2)14-6-5-11(3)7-15(14)21-17(19)16-9-13(18)8-12(4)20-16/h10-12,14-16H,5-9H2,1-4H3/t11-,12+,14+,15-,16-/m1/s1. The fourth-order valence-electron chi connectivity index (χ4n) is 3.60. The molecule has 120 valence electrons. The fraction of sp³-hybridized carbons (Fsp3) is 0.882. The Morgan fingerprint density at radius 2 is 1.95 bits per heavy atom. The van der Waals surface area contributed by atoms with Crippen LogP contribution in [0.3, 0.4) is 0 Å². The predicted octanol–water partition coefficient (Wildman–Crippen LogP) is 3.13. The van der Waals surface area contributed by atoms with Crippen molar-refractivity contribution < 1.29 is 19.1 Å². The van der Waals surface area contributed by atoms with E-state index >= 15 is 0 Å². The van der Waals surface area contributed by atoms with E-state index in [-0.39, 0.29) is 30.4 Å². The molecular weight excluding hydrogens is 268 g/mol. The number of ether oxygens (including phenoxy) is 2. The summed E-state index contributed by atoms with van der Waals surface area (Å²) in [6.07, 6.45) is 2.88. The van der Waals surface area contributed by atoms with Gasteiger partial charge >= 0.3 is 5.97 Å². The highest BCUT2D eigenvalue weighted by Crippen LogP contribution is 2.35. The van der Waals surface area contributed by atoms with Crippen LogP contribution >= 0.6 is 0 Å². The molecule has 0 spiro atoms. The maximum Gasteiger partial charge on any atom is 0.336 e. The van der Waals surface area contributed by atoms with Crippen molar-refractivity contribution in [2.24, 2.45) is 17.8 Å². The first-order valence-electron chi connectivity index (χ1n) is 8.24. The fourth-order valence-corrected chi connectivity index (χ4v) is 3.60. The first kappa shape index (κ1) is 16.5. The molecule has 0 amide bonds. The quantitative estimate of drug-likeness (QED) is 0.751. The van der Waals surface area contributed by atoms with Crippen molar-refractivity contribution in [3.05, 3.63) is 0 Å². The normalized spacial score (nSPS) is 37.6. The number of hydrogen-bond donors (Lipinski definition) is 0. The van der Waals surface area contributed by atoms with Gasteiger partial charge in [-0.05, 0) is 37.5 Å². The van der Waals surface area contributed by atoms with E-state index in [1.165, 1.54) is 6.42 Å². The third-order valence-corrected chi connectivity index (χ3v) is 4.82. The second-order valence-electron chi connectivity index (χ2n) is 7.18. The van der Waals surface area contributed by atoms with Crippen LogP contribution in [0.4, 0.5) is 0 Å². The van der Waals surface area contributed by atoms with Crippen LogP contribution in [-0.2, 0) is 19.1 Å². The molecule has 4 heteroatoms. The van der Waals surface area contributed by atoms with E-state index < -0.39 is 6.10 Å². The van der Waals surface area contributed by atoms with E-state index in [9.17, 15) is 9.59 Å². The number of carbonyl (C=O) groups is 2. The molecule has 1 aliphatic carbocycles. The molecule has 0 radical (unpaired) electrons. The highest BCUT2D eigenvalue weighted by molar-refractivity contribution is 5.87. The van der Waals surface area contributed by atoms with Crippen LogP contribution in [0.15, 0.2) is 0 Å². The van der Waals surface area contributed by atoms with Gasteiger partial charge in [-0.1, -0.05) is 27.2 Å². The minimum absolute atomic E-state index is 0.0304. The lowest BCUT2D eigenvalue weighted by Crippen LogP contribution is -2.42. The van der Waals surface area contributed by atoms with Crippen LogP contribution < -0.4 is 0 Å². The molecule has 0 aromatic heterocycles. The molecule has 1 heterocycles. The summed E-state index contributed by atoms with van der Waals surface area (Å²) in [6, 6.07) is 0. The molecule has 2 fully saturated rings. The number of Topliss-reactive ketones (excluding diaryl/α,β-unsaturated/α-hetero) is 1. The number of esters is 1. The molecule has 0 aromatic rings. The predicted molar refractivity (Wildman–Crippen MR) is 79.8 cm³/mol. The lowest BCUT2D eigenvalue weighted by Gasteiger charge is -2.37. The van der Waals surface area contributed by atoms with Gasteiger partial charge in [0, 0.05) is 12.8 Å². The van der Waals surface area contributed by atoms with E-state index in [1.807, 2.05) is 6.92 Å². The zero-order chi connectivity index (χ0) is 15.6. The molecule has 0 aromatic carbocycles. The second kappa shape index (κ2) is 6.91. The average molecular weight is 296 g/mol. The Hall–Kier alpha value is -0.900. The summed E-state index contributed by atoms with van der Waals surface area (Å²) in [5.41, 5.74) is 0. The van der Waals surface area contributed by atoms with Gasteiger partial charge in [0.15, 0.2) is 6.10 Å². The summed E-state index contributed by atoms with van der Waals surface area (Å²) in [6.45, 7) is 8.41. The van der Waals surface area contributed by atoms with Gasteiger partial charge in [-0.15, -0.1) is 0 Å². The molecule has 2 rings (SSSR count). The molecule has 0 N–H and O–H groups in total. The average Bonchev–Trinajstić information content (AvgIpc) is 2.37. The van der Waals surface area contributed by atoms with Crippen molar-refractivity contribution in [3.8, 4) is 0 Å². The minimum atomic E-state index is -0.703. The molecule has 5 atom stereocenters. The van der Waals surface area contributed by atoms with Crippen molar-refractivity contribution in [2.75, 3.05) is 0 Å². The molecule has 21 heavy (non-hydrogen) atoms. The molecule has 4 nitrogen and oxygen atoms in total. The Morgan fingerprint density at radius 3 is 2.57 bits per heavy atom. The number of carbonyl (C=O) groups excluding carboxylic acids is 2. The van der Waals surface area contributed by atoms with Crippen LogP contribution in [0, 0.1) is 17.8 Å². The van der Waals surface area contributed by atoms with Crippen molar-refractivity contribution in [3.63, 3.8) is 0 Å². The summed E-state index contributed by atoms with van der Waals surface area (Å²) >= 11 is 0. The van der Waals surface area contributed by atoms with Crippen molar-refractivity contribution in [1.29, 1.82) is 0 Å². The number of hydrogen-bond acceptors (Lipinski definition) is 4. The molecule has 1 saturated carbocycles. The van der Waals surface area contributed by atoms with Gasteiger partial charge < -0.3 is 9.47 Å². The molecule has 0 bridgehead atoms. The van der Waals surface area contributed by atoms with Crippen LogP contribution in [0.5, 0.6) is 0 Å². The summed E-state index contributed by atoms with van der Waals surface area (Å²) in [7, 11) is 0. The van der Waals surface area contributed by atoms with Gasteiger partial charge in [-0.25, -0.2) is 4.79 Å². The Labute approximate surface area is 127 Å². The van der Waals surface area contributed by atoms with E-state index in [2.05, 4.69) is 20.8 Å². The van der Waals surface area contributed by atoms with Crippen molar-refractivity contribution in [2.45, 2.75) is 78.1 Å².